The number of likely N-dealkylation sites (N-methyl/N-ethyl adjacent to an activating group) is 1. The van der Waals surface area contributed by atoms with Gasteiger partial charge in [-0.1, -0.05) is 13.8 Å². The topological polar surface area (TPSA) is 69.6 Å². The first kappa shape index (κ1) is 15.7. The molecule has 0 bridgehead atoms. The predicted octanol–water partition coefficient (Wildman–Crippen LogP) is 1.33. The van der Waals surface area contributed by atoms with Gasteiger partial charge in [0.2, 0.25) is 0 Å². The van der Waals surface area contributed by atoms with Crippen molar-refractivity contribution in [3.8, 4) is 0 Å². The molecule has 4 atom stereocenters. The Kier molecular flexibility index (Phi) is 6.36. The van der Waals surface area contributed by atoms with Gasteiger partial charge in [-0.05, 0) is 27.3 Å². The number of hydrogen-bond acceptors (Lipinski definition) is 4. The summed E-state index contributed by atoms with van der Waals surface area (Å²) in [6.45, 7) is 7.36. The molecule has 0 radical (unpaired) electrons. The average molecular weight is 249 g/mol. The van der Waals surface area contributed by atoms with Crippen LogP contribution >= 0.6 is 11.8 Å². The van der Waals surface area contributed by atoms with E-state index in [-0.39, 0.29) is 16.6 Å². The normalized spacial score (nSPS) is 20.9. The number of thioether (sulfide) groups is 1. The molecule has 4 unspecified atom stereocenters. The lowest BCUT2D eigenvalue weighted by Gasteiger charge is -2.29. The van der Waals surface area contributed by atoms with E-state index in [0.717, 1.165) is 0 Å². The lowest BCUT2D eigenvalue weighted by Crippen LogP contribution is -2.49. The maximum Gasteiger partial charge on any atom is 0.323 e. The minimum Gasteiger partial charge on any atom is -0.480 e. The summed E-state index contributed by atoms with van der Waals surface area (Å²) < 4.78 is 0. The number of aliphatic hydroxyl groups is 1. The summed E-state index contributed by atoms with van der Waals surface area (Å²) in [6.07, 6.45) is 0.152. The quantitative estimate of drug-likeness (QED) is 0.635. The van der Waals surface area contributed by atoms with Gasteiger partial charge < -0.3 is 15.5 Å². The first-order chi connectivity index (χ1) is 7.23. The van der Waals surface area contributed by atoms with Crippen LogP contribution in [0.4, 0.5) is 0 Å². The fourth-order valence-electron chi connectivity index (χ4n) is 1.40. The second-order valence-electron chi connectivity index (χ2n) is 4.48. The van der Waals surface area contributed by atoms with Gasteiger partial charge in [0.05, 0.1) is 6.10 Å². The molecule has 0 aromatic rings. The largest absolute Gasteiger partial charge is 0.480 e. The lowest BCUT2D eigenvalue weighted by molar-refractivity contribution is -0.144. The summed E-state index contributed by atoms with van der Waals surface area (Å²) in [6, 6.07) is 0. The fourth-order valence-corrected chi connectivity index (χ4v) is 2.79. The molecule has 0 aliphatic heterocycles. The molecule has 5 heteroatoms. The fraction of sp³-hybridized carbons (Fsp3) is 0.909. The van der Waals surface area contributed by atoms with Crippen molar-refractivity contribution in [3.05, 3.63) is 0 Å². The minimum absolute atomic E-state index is 0.116. The Labute approximate surface area is 102 Å². The van der Waals surface area contributed by atoms with Crippen molar-refractivity contribution >= 4 is 17.7 Å². The van der Waals surface area contributed by atoms with Crippen LogP contribution in [0.5, 0.6) is 0 Å². The summed E-state index contributed by atoms with van der Waals surface area (Å²) in [5, 5.41) is 21.6. The molecule has 0 rings (SSSR count). The van der Waals surface area contributed by atoms with Crippen molar-refractivity contribution in [2.24, 2.45) is 0 Å². The van der Waals surface area contributed by atoms with Crippen LogP contribution in [0, 0.1) is 0 Å². The Bertz CT molecular complexity index is 235. The molecular formula is C11H23NO3S. The molecule has 0 saturated heterocycles. The Morgan fingerprint density at radius 2 is 1.94 bits per heavy atom. The molecule has 0 spiro atoms. The maximum absolute atomic E-state index is 11.1. The average Bonchev–Trinajstić information content (AvgIpc) is 2.16. The molecule has 0 aromatic carbocycles. The van der Waals surface area contributed by atoms with Crippen LogP contribution in [0.25, 0.3) is 0 Å². The molecule has 0 amide bonds. The van der Waals surface area contributed by atoms with E-state index in [1.165, 1.54) is 0 Å². The van der Waals surface area contributed by atoms with Gasteiger partial charge in [0.1, 0.15) is 5.54 Å². The zero-order valence-electron chi connectivity index (χ0n) is 10.7. The summed E-state index contributed by atoms with van der Waals surface area (Å²) in [7, 11) is 1.66. The van der Waals surface area contributed by atoms with Gasteiger partial charge in [-0.2, -0.15) is 11.8 Å². The third kappa shape index (κ3) is 4.72. The predicted molar refractivity (Wildman–Crippen MR) is 67.9 cm³/mol. The molecule has 16 heavy (non-hydrogen) atoms. The second-order valence-corrected chi connectivity index (χ2v) is 6.30. The van der Waals surface area contributed by atoms with Gasteiger partial charge >= 0.3 is 5.97 Å². The van der Waals surface area contributed by atoms with E-state index < -0.39 is 11.5 Å². The van der Waals surface area contributed by atoms with Gasteiger partial charge in [0.25, 0.3) is 0 Å². The minimum atomic E-state index is -0.898. The van der Waals surface area contributed by atoms with E-state index in [1.54, 1.807) is 32.7 Å². The van der Waals surface area contributed by atoms with Crippen LogP contribution in [0.15, 0.2) is 0 Å². The van der Waals surface area contributed by atoms with Crippen LogP contribution in [0.3, 0.4) is 0 Å². The molecule has 0 aromatic heterocycles. The van der Waals surface area contributed by atoms with E-state index >= 15 is 0 Å². The van der Waals surface area contributed by atoms with E-state index in [2.05, 4.69) is 5.32 Å². The molecule has 0 fully saturated rings. The number of aliphatic carboxylic acids is 1. The third-order valence-corrected chi connectivity index (χ3v) is 4.30. The van der Waals surface area contributed by atoms with Gasteiger partial charge in [-0.3, -0.25) is 4.79 Å². The summed E-state index contributed by atoms with van der Waals surface area (Å²) in [5.74, 6) is -0.841. The first-order valence-corrected chi connectivity index (χ1v) is 6.43. The van der Waals surface area contributed by atoms with E-state index in [4.69, 9.17) is 5.11 Å². The van der Waals surface area contributed by atoms with E-state index in [9.17, 15) is 9.90 Å². The highest BCUT2D eigenvalue weighted by Gasteiger charge is 2.33. The number of carboxylic acids is 1. The van der Waals surface area contributed by atoms with Crippen molar-refractivity contribution in [3.63, 3.8) is 0 Å². The van der Waals surface area contributed by atoms with E-state index in [1.807, 2.05) is 13.8 Å². The summed E-state index contributed by atoms with van der Waals surface area (Å²) >= 11 is 1.61. The van der Waals surface area contributed by atoms with Crippen LogP contribution < -0.4 is 5.32 Å². The highest BCUT2D eigenvalue weighted by molar-refractivity contribution is 8.00. The lowest BCUT2D eigenvalue weighted by atomic mass is 9.96. The molecule has 3 N–H and O–H groups in total. The SMILES string of the molecule is CNC(C)(CC(C)SC(C)C(C)O)C(=O)O. The molecule has 4 nitrogen and oxygen atoms in total. The van der Waals surface area contributed by atoms with Crippen molar-refractivity contribution < 1.29 is 15.0 Å². The molecule has 96 valence electrons. The molecule has 0 saturated carbocycles. The molecule has 0 aliphatic rings. The van der Waals surface area contributed by atoms with Crippen molar-refractivity contribution in [1.29, 1.82) is 0 Å². The standard InChI is InChI=1S/C11H23NO3S/c1-7(16-9(3)8(2)13)6-11(4,12-5)10(14)15/h7-9,12-13H,6H2,1-5H3,(H,14,15). The molecular weight excluding hydrogens is 226 g/mol. The number of nitrogens with one attached hydrogen (secondary N) is 1. The van der Waals surface area contributed by atoms with Gasteiger partial charge in [-0.25, -0.2) is 0 Å². The number of carboxylic acid groups (broad SMARTS) is 1. The van der Waals surface area contributed by atoms with Crippen molar-refractivity contribution in [1.82, 2.24) is 5.32 Å². The Balaban J connectivity index is 4.32. The maximum atomic E-state index is 11.1. The number of hydrogen-bond donors (Lipinski definition) is 3. The second kappa shape index (κ2) is 6.47. The highest BCUT2D eigenvalue weighted by atomic mass is 32.2. The summed E-state index contributed by atoms with van der Waals surface area (Å²) in [4.78, 5) is 11.1. The van der Waals surface area contributed by atoms with Crippen LogP contribution in [0.1, 0.15) is 34.1 Å². The van der Waals surface area contributed by atoms with Gasteiger partial charge in [0.15, 0.2) is 0 Å². The van der Waals surface area contributed by atoms with Crippen LogP contribution in [-0.4, -0.2) is 45.4 Å². The van der Waals surface area contributed by atoms with E-state index in [0.29, 0.717) is 6.42 Å². The Morgan fingerprint density at radius 3 is 2.25 bits per heavy atom. The molecule has 0 aliphatic carbocycles. The third-order valence-electron chi connectivity index (χ3n) is 2.85. The number of rotatable bonds is 7. The van der Waals surface area contributed by atoms with Crippen molar-refractivity contribution in [2.45, 2.75) is 56.3 Å². The van der Waals surface area contributed by atoms with Crippen molar-refractivity contribution in [2.75, 3.05) is 7.05 Å². The number of aliphatic hydroxyl groups excluding tert-OH is 1. The monoisotopic (exact) mass is 249 g/mol. The molecule has 0 heterocycles. The van der Waals surface area contributed by atoms with Gasteiger partial charge in [-0.15, -0.1) is 0 Å². The Morgan fingerprint density at radius 1 is 1.44 bits per heavy atom. The zero-order valence-corrected chi connectivity index (χ0v) is 11.5. The highest BCUT2D eigenvalue weighted by Crippen LogP contribution is 2.26. The van der Waals surface area contributed by atoms with Crippen LogP contribution in [-0.2, 0) is 4.79 Å². The Hall–Kier alpha value is -0.260. The number of carbonyl (C=O) groups is 1. The smallest absolute Gasteiger partial charge is 0.323 e. The summed E-state index contributed by atoms with van der Waals surface area (Å²) in [5.41, 5.74) is -0.898. The first-order valence-electron chi connectivity index (χ1n) is 5.48. The zero-order chi connectivity index (χ0) is 12.9. The van der Waals surface area contributed by atoms with Gasteiger partial charge in [0, 0.05) is 10.5 Å². The van der Waals surface area contributed by atoms with Crippen LogP contribution in [0.2, 0.25) is 0 Å².